The van der Waals surface area contributed by atoms with Gasteiger partial charge in [0.05, 0.1) is 6.42 Å². The largest absolute Gasteiger partial charge is 0.460 e. The number of benzene rings is 2. The highest BCUT2D eigenvalue weighted by Gasteiger charge is 2.24. The van der Waals surface area contributed by atoms with Gasteiger partial charge in [0.2, 0.25) is 0 Å². The Morgan fingerprint density at radius 2 is 1.69 bits per heavy atom. The van der Waals surface area contributed by atoms with E-state index in [9.17, 15) is 13.6 Å². The minimum atomic E-state index is -0.635. The molecule has 0 aliphatic heterocycles. The lowest BCUT2D eigenvalue weighted by atomic mass is 9.89. The van der Waals surface area contributed by atoms with Crippen LogP contribution in [0.1, 0.15) is 44.2 Å². The van der Waals surface area contributed by atoms with E-state index < -0.39 is 17.2 Å². The molecule has 2 aromatic carbocycles. The van der Waals surface area contributed by atoms with Gasteiger partial charge in [0.1, 0.15) is 17.2 Å². The highest BCUT2D eigenvalue weighted by Crippen LogP contribution is 2.33. The fourth-order valence-electron chi connectivity index (χ4n) is 2.72. The Kier molecular flexibility index (Phi) is 6.97. The molecule has 0 amide bonds. The van der Waals surface area contributed by atoms with Crippen LogP contribution in [0.25, 0.3) is 0 Å². The summed E-state index contributed by atoms with van der Waals surface area (Å²) in [5.41, 5.74) is 0.763. The number of halogens is 4. The second-order valence-electron chi connectivity index (χ2n) is 7.14. The molecular formula is C20H20Br2F2O2. The minimum absolute atomic E-state index is 0.102. The van der Waals surface area contributed by atoms with Crippen molar-refractivity contribution in [2.75, 3.05) is 0 Å². The van der Waals surface area contributed by atoms with Crippen LogP contribution < -0.4 is 0 Å². The fourth-order valence-corrected chi connectivity index (χ4v) is 3.67. The van der Waals surface area contributed by atoms with E-state index >= 15 is 0 Å². The van der Waals surface area contributed by atoms with Gasteiger partial charge in [0.25, 0.3) is 0 Å². The lowest BCUT2D eigenvalue weighted by molar-refractivity contribution is -0.155. The summed E-state index contributed by atoms with van der Waals surface area (Å²) in [4.78, 5) is 12.4. The van der Waals surface area contributed by atoms with Crippen molar-refractivity contribution < 1.29 is 18.3 Å². The van der Waals surface area contributed by atoms with Crippen molar-refractivity contribution in [2.45, 2.75) is 45.1 Å². The Bertz CT molecular complexity index is 781. The summed E-state index contributed by atoms with van der Waals surface area (Å²) in [5, 5.41) is 0. The minimum Gasteiger partial charge on any atom is -0.460 e. The van der Waals surface area contributed by atoms with Gasteiger partial charge in [-0.1, -0.05) is 31.9 Å². The molecule has 0 saturated carbocycles. The zero-order valence-electron chi connectivity index (χ0n) is 14.8. The fraction of sp³-hybridized carbons (Fsp3) is 0.350. The molecule has 2 aromatic rings. The van der Waals surface area contributed by atoms with Crippen LogP contribution in [-0.2, 0) is 16.0 Å². The first-order valence-electron chi connectivity index (χ1n) is 8.15. The molecule has 140 valence electrons. The lowest BCUT2D eigenvalue weighted by Crippen LogP contribution is -2.25. The molecule has 6 heteroatoms. The third kappa shape index (κ3) is 6.47. The van der Waals surface area contributed by atoms with Crippen molar-refractivity contribution in [2.24, 2.45) is 0 Å². The molecule has 0 saturated heterocycles. The van der Waals surface area contributed by atoms with Gasteiger partial charge in [0.15, 0.2) is 0 Å². The van der Waals surface area contributed by atoms with E-state index in [1.165, 1.54) is 12.1 Å². The van der Waals surface area contributed by atoms with E-state index in [4.69, 9.17) is 4.74 Å². The Hall–Kier alpha value is -1.27. The topological polar surface area (TPSA) is 26.3 Å². The van der Waals surface area contributed by atoms with Gasteiger partial charge in [-0.3, -0.25) is 4.79 Å². The second kappa shape index (κ2) is 8.61. The van der Waals surface area contributed by atoms with Crippen molar-refractivity contribution in [1.29, 1.82) is 0 Å². The maximum atomic E-state index is 13.6. The van der Waals surface area contributed by atoms with Crippen LogP contribution in [-0.4, -0.2) is 11.6 Å². The third-order valence-corrected chi connectivity index (χ3v) is 4.85. The van der Waals surface area contributed by atoms with E-state index in [2.05, 4.69) is 31.9 Å². The number of hydrogen-bond acceptors (Lipinski definition) is 2. The van der Waals surface area contributed by atoms with Gasteiger partial charge < -0.3 is 4.74 Å². The predicted octanol–water partition coefficient (Wildman–Crippen LogP) is 6.55. The van der Waals surface area contributed by atoms with Crippen LogP contribution in [0, 0.1) is 11.6 Å². The van der Waals surface area contributed by atoms with Crippen LogP contribution in [0.4, 0.5) is 8.78 Å². The Balaban J connectivity index is 2.34. The molecule has 0 radical (unpaired) electrons. The Labute approximate surface area is 169 Å². The molecule has 0 unspecified atom stereocenters. The monoisotopic (exact) mass is 488 g/mol. The summed E-state index contributed by atoms with van der Waals surface area (Å²) in [6.45, 7) is 5.41. The lowest BCUT2D eigenvalue weighted by Gasteiger charge is -2.23. The molecule has 0 fully saturated rings. The van der Waals surface area contributed by atoms with E-state index in [0.717, 1.165) is 20.6 Å². The summed E-state index contributed by atoms with van der Waals surface area (Å²) in [7, 11) is 0. The smallest absolute Gasteiger partial charge is 0.306 e. The maximum Gasteiger partial charge on any atom is 0.306 e. The summed E-state index contributed by atoms with van der Waals surface area (Å²) >= 11 is 6.93. The second-order valence-corrected chi connectivity index (χ2v) is 8.91. The number of carbonyl (C=O) groups is 1. The predicted molar refractivity (Wildman–Crippen MR) is 105 cm³/mol. The van der Waals surface area contributed by atoms with Crippen molar-refractivity contribution in [3.63, 3.8) is 0 Å². The SMILES string of the molecule is CC(C)(C)OC(=O)C[C@@H](Cc1cc(F)cc(F)c1)c1cc(Br)ccc1Br. The molecule has 1 atom stereocenters. The van der Waals surface area contributed by atoms with Crippen molar-refractivity contribution in [3.8, 4) is 0 Å². The van der Waals surface area contributed by atoms with Crippen LogP contribution in [0.3, 0.4) is 0 Å². The molecule has 0 bridgehead atoms. The Morgan fingerprint density at radius 3 is 2.27 bits per heavy atom. The number of esters is 1. The average Bonchev–Trinajstić information content (AvgIpc) is 2.46. The molecule has 0 N–H and O–H groups in total. The van der Waals surface area contributed by atoms with Crippen LogP contribution in [0.5, 0.6) is 0 Å². The number of rotatable bonds is 5. The normalized spacial score (nSPS) is 12.7. The standard InChI is InChI=1S/C20H20Br2F2O2/c1-20(2,3)26-19(25)9-13(17-10-14(21)4-5-18(17)22)6-12-7-15(23)11-16(24)8-12/h4-5,7-8,10-11,13H,6,9H2,1-3H3/t13-/m1/s1. The zero-order valence-corrected chi connectivity index (χ0v) is 18.0. The molecule has 2 nitrogen and oxygen atoms in total. The van der Waals surface area contributed by atoms with E-state index in [-0.39, 0.29) is 18.3 Å². The van der Waals surface area contributed by atoms with Gasteiger partial charge >= 0.3 is 5.97 Å². The molecule has 26 heavy (non-hydrogen) atoms. The molecule has 2 rings (SSSR count). The van der Waals surface area contributed by atoms with Crippen molar-refractivity contribution >= 4 is 37.8 Å². The average molecular weight is 490 g/mol. The third-order valence-electron chi connectivity index (χ3n) is 3.64. The van der Waals surface area contributed by atoms with Gasteiger partial charge in [-0.25, -0.2) is 8.78 Å². The first-order chi connectivity index (χ1) is 12.0. The molecule has 0 aliphatic carbocycles. The summed E-state index contributed by atoms with van der Waals surface area (Å²) < 4.78 is 34.2. The zero-order chi connectivity index (χ0) is 19.5. The highest BCUT2D eigenvalue weighted by molar-refractivity contribution is 9.11. The first kappa shape index (κ1) is 21.0. The van der Waals surface area contributed by atoms with Gasteiger partial charge in [-0.05, 0) is 74.6 Å². The molecule has 0 aliphatic rings. The number of carbonyl (C=O) groups excluding carboxylic acids is 1. The highest BCUT2D eigenvalue weighted by atomic mass is 79.9. The first-order valence-corrected chi connectivity index (χ1v) is 9.74. The molecule has 0 aromatic heterocycles. The van der Waals surface area contributed by atoms with Crippen molar-refractivity contribution in [3.05, 3.63) is 68.1 Å². The summed E-state index contributed by atoms with van der Waals surface area (Å²) in [6, 6.07) is 9.05. The quantitative estimate of drug-likeness (QED) is 0.445. The van der Waals surface area contributed by atoms with Crippen LogP contribution >= 0.6 is 31.9 Å². The number of ether oxygens (including phenoxy) is 1. The van der Waals surface area contributed by atoms with Gasteiger partial charge in [-0.15, -0.1) is 0 Å². The summed E-state index contributed by atoms with van der Waals surface area (Å²) in [6.07, 6.45) is 0.410. The number of hydrogen-bond donors (Lipinski definition) is 0. The van der Waals surface area contributed by atoms with Gasteiger partial charge in [0, 0.05) is 15.0 Å². The molecule has 0 heterocycles. The van der Waals surface area contributed by atoms with E-state index in [1.54, 1.807) is 20.8 Å². The van der Waals surface area contributed by atoms with Crippen molar-refractivity contribution in [1.82, 2.24) is 0 Å². The van der Waals surface area contributed by atoms with Crippen LogP contribution in [0.2, 0.25) is 0 Å². The maximum absolute atomic E-state index is 13.6. The molecular weight excluding hydrogens is 470 g/mol. The molecule has 0 spiro atoms. The van der Waals surface area contributed by atoms with Gasteiger partial charge in [-0.2, -0.15) is 0 Å². The van der Waals surface area contributed by atoms with Crippen LogP contribution in [0.15, 0.2) is 45.3 Å². The van der Waals surface area contributed by atoms with E-state index in [1.807, 2.05) is 18.2 Å². The summed E-state index contributed by atoms with van der Waals surface area (Å²) in [5.74, 6) is -1.92. The van der Waals surface area contributed by atoms with E-state index in [0.29, 0.717) is 12.0 Å². The Morgan fingerprint density at radius 1 is 1.08 bits per heavy atom.